The van der Waals surface area contributed by atoms with Crippen molar-refractivity contribution in [1.82, 2.24) is 14.4 Å². The van der Waals surface area contributed by atoms with E-state index in [1.165, 1.54) is 0 Å². The SMILES string of the molecule is CC(C)N1CCC(N(C(=O)c2cn(C)c(=O)c3c2C=CC3)C2CC2)CC1. The Morgan fingerprint density at radius 1 is 1.15 bits per heavy atom. The number of rotatable bonds is 4. The molecule has 1 aliphatic heterocycles. The van der Waals surface area contributed by atoms with E-state index >= 15 is 0 Å². The van der Waals surface area contributed by atoms with Crippen LogP contribution < -0.4 is 5.56 Å². The Kier molecular flexibility index (Phi) is 4.51. The summed E-state index contributed by atoms with van der Waals surface area (Å²) in [5.41, 5.74) is 2.34. The molecule has 2 aliphatic carbocycles. The molecule has 1 amide bonds. The minimum atomic E-state index is 0.0183. The van der Waals surface area contributed by atoms with Crippen LogP contribution >= 0.6 is 0 Å². The normalized spacial score (nSPS) is 20.6. The summed E-state index contributed by atoms with van der Waals surface area (Å²) in [5, 5.41) is 0. The van der Waals surface area contributed by atoms with Gasteiger partial charge >= 0.3 is 0 Å². The first-order valence-electron chi connectivity index (χ1n) is 9.93. The second kappa shape index (κ2) is 6.69. The highest BCUT2D eigenvalue weighted by molar-refractivity contribution is 5.99. The Bertz CT molecular complexity index is 796. The lowest BCUT2D eigenvalue weighted by molar-refractivity contribution is 0.0518. The van der Waals surface area contributed by atoms with Gasteiger partial charge in [-0.15, -0.1) is 0 Å². The molecule has 3 aliphatic rings. The quantitative estimate of drug-likeness (QED) is 0.833. The molecular weight excluding hydrogens is 326 g/mol. The molecule has 2 heterocycles. The minimum absolute atomic E-state index is 0.0183. The van der Waals surface area contributed by atoms with E-state index in [-0.39, 0.29) is 11.5 Å². The zero-order valence-electron chi connectivity index (χ0n) is 16.1. The summed E-state index contributed by atoms with van der Waals surface area (Å²) in [7, 11) is 1.75. The van der Waals surface area contributed by atoms with Crippen LogP contribution in [0.15, 0.2) is 17.1 Å². The first-order chi connectivity index (χ1) is 12.5. The number of carbonyl (C=O) groups is 1. The minimum Gasteiger partial charge on any atom is -0.333 e. The second-order valence-electron chi connectivity index (χ2n) is 8.26. The highest BCUT2D eigenvalue weighted by Gasteiger charge is 2.40. The third-order valence-corrected chi connectivity index (χ3v) is 6.15. The smallest absolute Gasteiger partial charge is 0.256 e. The van der Waals surface area contributed by atoms with Crippen LogP contribution in [0.1, 0.15) is 61.0 Å². The van der Waals surface area contributed by atoms with Gasteiger partial charge in [0.25, 0.3) is 11.5 Å². The second-order valence-corrected chi connectivity index (χ2v) is 8.26. The van der Waals surface area contributed by atoms with Crippen LogP contribution in [-0.2, 0) is 13.5 Å². The number of nitrogens with zero attached hydrogens (tertiary/aromatic N) is 3. The Hall–Kier alpha value is -1.88. The van der Waals surface area contributed by atoms with Crippen LogP contribution in [0, 0.1) is 0 Å². The molecule has 4 rings (SSSR count). The first-order valence-corrected chi connectivity index (χ1v) is 9.93. The van der Waals surface area contributed by atoms with E-state index in [0.29, 0.717) is 30.1 Å². The van der Waals surface area contributed by atoms with Gasteiger partial charge in [0.15, 0.2) is 0 Å². The maximum atomic E-state index is 13.5. The number of pyridine rings is 1. The maximum absolute atomic E-state index is 13.5. The van der Waals surface area contributed by atoms with E-state index < -0.39 is 0 Å². The highest BCUT2D eigenvalue weighted by Crippen LogP contribution is 2.34. The summed E-state index contributed by atoms with van der Waals surface area (Å²) < 4.78 is 1.57. The Morgan fingerprint density at radius 2 is 1.81 bits per heavy atom. The standard InChI is InChI=1S/C21H29N3O2/c1-14(2)23-11-9-16(10-12-23)24(15-7-8-15)21(26)19-13-22(3)20(25)18-6-4-5-17(18)19/h4-5,13-16H,6-12H2,1-3H3. The van der Waals surface area contributed by atoms with Crippen molar-refractivity contribution in [2.45, 2.75) is 64.1 Å². The molecule has 26 heavy (non-hydrogen) atoms. The Labute approximate surface area is 155 Å². The van der Waals surface area contributed by atoms with E-state index in [2.05, 4.69) is 23.6 Å². The van der Waals surface area contributed by atoms with Crippen molar-refractivity contribution in [1.29, 1.82) is 0 Å². The summed E-state index contributed by atoms with van der Waals surface area (Å²) in [6.45, 7) is 6.60. The maximum Gasteiger partial charge on any atom is 0.256 e. The predicted octanol–water partition coefficient (Wildman–Crippen LogP) is 2.43. The monoisotopic (exact) mass is 355 g/mol. The molecule has 5 nitrogen and oxygen atoms in total. The van der Waals surface area contributed by atoms with Crippen LogP contribution in [0.25, 0.3) is 6.08 Å². The van der Waals surface area contributed by atoms with Crippen molar-refractivity contribution in [2.24, 2.45) is 7.05 Å². The van der Waals surface area contributed by atoms with Crippen LogP contribution in [0.5, 0.6) is 0 Å². The summed E-state index contributed by atoms with van der Waals surface area (Å²) in [6, 6.07) is 1.28. The number of aryl methyl sites for hydroxylation is 1. The fourth-order valence-electron chi connectivity index (χ4n) is 4.47. The molecule has 0 aromatic carbocycles. The van der Waals surface area contributed by atoms with Gasteiger partial charge in [-0.05, 0) is 51.5 Å². The average Bonchev–Trinajstić information content (AvgIpc) is 3.33. The summed E-state index contributed by atoms with van der Waals surface area (Å²) in [4.78, 5) is 30.5. The van der Waals surface area contributed by atoms with Gasteiger partial charge in [-0.3, -0.25) is 9.59 Å². The van der Waals surface area contributed by atoms with E-state index in [9.17, 15) is 9.59 Å². The summed E-state index contributed by atoms with van der Waals surface area (Å²) in [5.74, 6) is 0.119. The van der Waals surface area contributed by atoms with Crippen molar-refractivity contribution in [3.05, 3.63) is 39.3 Å². The van der Waals surface area contributed by atoms with Crippen LogP contribution in [0.3, 0.4) is 0 Å². The number of allylic oxidation sites excluding steroid dienone is 1. The molecule has 0 atom stereocenters. The van der Waals surface area contributed by atoms with Gasteiger partial charge < -0.3 is 14.4 Å². The summed E-state index contributed by atoms with van der Waals surface area (Å²) >= 11 is 0. The third kappa shape index (κ3) is 3.02. The molecule has 0 N–H and O–H groups in total. The number of likely N-dealkylation sites (tertiary alicyclic amines) is 1. The van der Waals surface area contributed by atoms with Gasteiger partial charge in [0.05, 0.1) is 5.56 Å². The van der Waals surface area contributed by atoms with E-state index in [1.54, 1.807) is 17.8 Å². The summed E-state index contributed by atoms with van der Waals surface area (Å²) in [6.07, 6.45) is 10.6. The zero-order chi connectivity index (χ0) is 18.4. The van der Waals surface area contributed by atoms with Gasteiger partial charge in [0.2, 0.25) is 0 Å². The molecule has 5 heteroatoms. The van der Waals surface area contributed by atoms with Crippen LogP contribution in [0.4, 0.5) is 0 Å². The van der Waals surface area contributed by atoms with Gasteiger partial charge in [-0.25, -0.2) is 0 Å². The van der Waals surface area contributed by atoms with Crippen LogP contribution in [0.2, 0.25) is 0 Å². The van der Waals surface area contributed by atoms with Gasteiger partial charge in [-0.2, -0.15) is 0 Å². The molecule has 0 spiro atoms. The predicted molar refractivity (Wildman–Crippen MR) is 103 cm³/mol. The lowest BCUT2D eigenvalue weighted by Crippen LogP contribution is -2.50. The lowest BCUT2D eigenvalue weighted by atomic mass is 9.99. The lowest BCUT2D eigenvalue weighted by Gasteiger charge is -2.40. The van der Waals surface area contributed by atoms with Crippen molar-refractivity contribution >= 4 is 12.0 Å². The fourth-order valence-corrected chi connectivity index (χ4v) is 4.47. The number of aromatic nitrogens is 1. The third-order valence-electron chi connectivity index (χ3n) is 6.15. The first kappa shape index (κ1) is 17.5. The molecular formula is C21H29N3O2. The van der Waals surface area contributed by atoms with Crippen LogP contribution in [-0.4, -0.2) is 51.5 Å². The Balaban J connectivity index is 1.62. The van der Waals surface area contributed by atoms with Crippen molar-refractivity contribution in [3.63, 3.8) is 0 Å². The molecule has 2 fully saturated rings. The average molecular weight is 355 g/mol. The molecule has 0 radical (unpaired) electrons. The molecule has 0 unspecified atom stereocenters. The largest absolute Gasteiger partial charge is 0.333 e. The molecule has 1 saturated carbocycles. The van der Waals surface area contributed by atoms with Crippen molar-refractivity contribution in [2.75, 3.05) is 13.1 Å². The van der Waals surface area contributed by atoms with Crippen molar-refractivity contribution in [3.8, 4) is 0 Å². The molecule has 1 saturated heterocycles. The zero-order valence-corrected chi connectivity index (χ0v) is 16.1. The van der Waals surface area contributed by atoms with Gasteiger partial charge in [0.1, 0.15) is 0 Å². The Morgan fingerprint density at radius 3 is 2.42 bits per heavy atom. The number of fused-ring (bicyclic) bond motifs is 1. The van der Waals surface area contributed by atoms with Gasteiger partial charge in [-0.1, -0.05) is 12.2 Å². The fraction of sp³-hybridized carbons (Fsp3) is 0.619. The van der Waals surface area contributed by atoms with E-state index in [1.807, 2.05) is 12.2 Å². The van der Waals surface area contributed by atoms with E-state index in [0.717, 1.165) is 49.9 Å². The topological polar surface area (TPSA) is 45.5 Å². The van der Waals surface area contributed by atoms with Crippen molar-refractivity contribution < 1.29 is 4.79 Å². The number of hydrogen-bond acceptors (Lipinski definition) is 3. The molecule has 1 aromatic rings. The number of piperidine rings is 1. The van der Waals surface area contributed by atoms with E-state index in [4.69, 9.17) is 0 Å². The number of amides is 1. The molecule has 1 aromatic heterocycles. The highest BCUT2D eigenvalue weighted by atomic mass is 16.2. The van der Waals surface area contributed by atoms with Gasteiger partial charge in [0, 0.05) is 50.0 Å². The number of hydrogen-bond donors (Lipinski definition) is 0. The number of carbonyl (C=O) groups excluding carboxylic acids is 1. The molecule has 0 bridgehead atoms. The molecule has 140 valence electrons.